The molecule has 0 spiro atoms. The summed E-state index contributed by atoms with van der Waals surface area (Å²) in [6.45, 7) is 3.67. The lowest BCUT2D eigenvalue weighted by Crippen LogP contribution is -1.94. The predicted molar refractivity (Wildman–Crippen MR) is 35.9 cm³/mol. The maximum atomic E-state index is 3.92. The molecular weight excluding hydrogens is 98.1 g/mol. The van der Waals surface area contributed by atoms with E-state index in [9.17, 15) is 0 Å². The van der Waals surface area contributed by atoms with Crippen LogP contribution in [-0.2, 0) is 0 Å². The molecule has 0 bridgehead atoms. The SMILES string of the molecule is C=CC1C=CN=CC1. The Morgan fingerprint density at radius 2 is 2.62 bits per heavy atom. The van der Waals surface area contributed by atoms with E-state index in [1.54, 1.807) is 0 Å². The van der Waals surface area contributed by atoms with Crippen molar-refractivity contribution in [3.8, 4) is 0 Å². The van der Waals surface area contributed by atoms with Gasteiger partial charge < -0.3 is 0 Å². The summed E-state index contributed by atoms with van der Waals surface area (Å²) in [7, 11) is 0. The average Bonchev–Trinajstić information content (AvgIpc) is 1.90. The Labute approximate surface area is 49.4 Å². The number of aliphatic imine (C=N–C) groups is 1. The second-order valence-electron chi connectivity index (χ2n) is 1.81. The third-order valence-electron chi connectivity index (χ3n) is 1.21. The number of nitrogens with zero attached hydrogens (tertiary/aromatic N) is 1. The van der Waals surface area contributed by atoms with Crippen LogP contribution in [-0.4, -0.2) is 6.21 Å². The molecule has 0 amide bonds. The van der Waals surface area contributed by atoms with Crippen LogP contribution in [0.4, 0.5) is 0 Å². The summed E-state index contributed by atoms with van der Waals surface area (Å²) in [4.78, 5) is 3.92. The largest absolute Gasteiger partial charge is 0.269 e. The topological polar surface area (TPSA) is 12.4 Å². The van der Waals surface area contributed by atoms with Gasteiger partial charge in [0.1, 0.15) is 0 Å². The Kier molecular flexibility index (Phi) is 1.62. The van der Waals surface area contributed by atoms with Crippen molar-refractivity contribution in [2.75, 3.05) is 0 Å². The van der Waals surface area contributed by atoms with Gasteiger partial charge in [-0.15, -0.1) is 6.58 Å². The molecule has 42 valence electrons. The summed E-state index contributed by atoms with van der Waals surface area (Å²) in [6.07, 6.45) is 8.72. The third-order valence-corrected chi connectivity index (χ3v) is 1.21. The second kappa shape index (κ2) is 2.46. The standard InChI is InChI=1S/C7H9N/c1-2-7-3-5-8-6-4-7/h2-3,5-7H,1,4H2. The highest BCUT2D eigenvalue weighted by Gasteiger charge is 1.97. The van der Waals surface area contributed by atoms with E-state index < -0.39 is 0 Å². The zero-order chi connectivity index (χ0) is 5.82. The van der Waals surface area contributed by atoms with Crippen molar-refractivity contribution in [2.45, 2.75) is 6.42 Å². The molecule has 1 aliphatic rings. The van der Waals surface area contributed by atoms with Crippen LogP contribution >= 0.6 is 0 Å². The molecule has 0 radical (unpaired) electrons. The number of allylic oxidation sites excluding steroid dienone is 2. The highest BCUT2D eigenvalue weighted by Crippen LogP contribution is 2.07. The van der Waals surface area contributed by atoms with Crippen molar-refractivity contribution in [1.29, 1.82) is 0 Å². The van der Waals surface area contributed by atoms with Crippen molar-refractivity contribution >= 4 is 6.21 Å². The summed E-state index contributed by atoms with van der Waals surface area (Å²) in [5.41, 5.74) is 0. The van der Waals surface area contributed by atoms with E-state index in [0.29, 0.717) is 5.92 Å². The molecule has 0 fully saturated rings. The molecule has 0 saturated heterocycles. The Morgan fingerprint density at radius 3 is 3.00 bits per heavy atom. The summed E-state index contributed by atoms with van der Waals surface area (Å²) < 4.78 is 0. The molecule has 1 rings (SSSR count). The first kappa shape index (κ1) is 5.29. The fourth-order valence-electron chi connectivity index (χ4n) is 0.657. The van der Waals surface area contributed by atoms with Gasteiger partial charge in [0.2, 0.25) is 0 Å². The van der Waals surface area contributed by atoms with Crippen LogP contribution in [0.5, 0.6) is 0 Å². The van der Waals surface area contributed by atoms with E-state index in [1.807, 2.05) is 24.6 Å². The zero-order valence-electron chi connectivity index (χ0n) is 4.75. The highest BCUT2D eigenvalue weighted by molar-refractivity contribution is 5.60. The fourth-order valence-corrected chi connectivity index (χ4v) is 0.657. The van der Waals surface area contributed by atoms with Crippen molar-refractivity contribution < 1.29 is 0 Å². The van der Waals surface area contributed by atoms with Crippen LogP contribution in [0.25, 0.3) is 0 Å². The van der Waals surface area contributed by atoms with Crippen molar-refractivity contribution in [1.82, 2.24) is 0 Å². The molecular formula is C7H9N. The minimum atomic E-state index is 0.521. The minimum absolute atomic E-state index is 0.521. The van der Waals surface area contributed by atoms with E-state index in [0.717, 1.165) is 6.42 Å². The fraction of sp³-hybridized carbons (Fsp3) is 0.286. The first-order valence-corrected chi connectivity index (χ1v) is 2.74. The van der Waals surface area contributed by atoms with E-state index in [2.05, 4.69) is 11.6 Å². The zero-order valence-corrected chi connectivity index (χ0v) is 4.75. The number of rotatable bonds is 1. The number of hydrogen-bond acceptors (Lipinski definition) is 1. The molecule has 1 nitrogen and oxygen atoms in total. The third kappa shape index (κ3) is 1.06. The lowest BCUT2D eigenvalue weighted by atomic mass is 10.1. The van der Waals surface area contributed by atoms with Gasteiger partial charge >= 0.3 is 0 Å². The molecule has 0 N–H and O–H groups in total. The maximum Gasteiger partial charge on any atom is 0.0229 e. The van der Waals surface area contributed by atoms with Crippen LogP contribution in [0, 0.1) is 5.92 Å². The highest BCUT2D eigenvalue weighted by atomic mass is 14.7. The average molecular weight is 107 g/mol. The second-order valence-corrected chi connectivity index (χ2v) is 1.81. The van der Waals surface area contributed by atoms with Gasteiger partial charge in [0.25, 0.3) is 0 Å². The molecule has 0 aromatic heterocycles. The van der Waals surface area contributed by atoms with Gasteiger partial charge in [-0.2, -0.15) is 0 Å². The van der Waals surface area contributed by atoms with E-state index in [-0.39, 0.29) is 0 Å². The number of hydrogen-bond donors (Lipinski definition) is 0. The lowest BCUT2D eigenvalue weighted by Gasteiger charge is -2.03. The van der Waals surface area contributed by atoms with Gasteiger partial charge in [-0.3, -0.25) is 4.99 Å². The normalized spacial score (nSPS) is 25.8. The van der Waals surface area contributed by atoms with Gasteiger partial charge in [-0.1, -0.05) is 12.2 Å². The summed E-state index contributed by atoms with van der Waals surface area (Å²) >= 11 is 0. The van der Waals surface area contributed by atoms with Gasteiger partial charge in [0.05, 0.1) is 0 Å². The van der Waals surface area contributed by atoms with E-state index in [1.165, 1.54) is 0 Å². The van der Waals surface area contributed by atoms with Gasteiger partial charge in [0.15, 0.2) is 0 Å². The van der Waals surface area contributed by atoms with E-state index in [4.69, 9.17) is 0 Å². The Balaban J connectivity index is 2.51. The van der Waals surface area contributed by atoms with Crippen molar-refractivity contribution in [3.05, 3.63) is 24.9 Å². The molecule has 1 heterocycles. The molecule has 1 aliphatic heterocycles. The first-order valence-electron chi connectivity index (χ1n) is 2.74. The summed E-state index contributed by atoms with van der Waals surface area (Å²) in [5.74, 6) is 0.521. The molecule has 0 saturated carbocycles. The van der Waals surface area contributed by atoms with Crippen molar-refractivity contribution in [2.24, 2.45) is 10.9 Å². The van der Waals surface area contributed by atoms with Gasteiger partial charge in [0, 0.05) is 18.3 Å². The molecule has 8 heavy (non-hydrogen) atoms. The molecule has 0 aromatic carbocycles. The van der Waals surface area contributed by atoms with Gasteiger partial charge in [-0.25, -0.2) is 0 Å². The van der Waals surface area contributed by atoms with Crippen LogP contribution in [0.2, 0.25) is 0 Å². The van der Waals surface area contributed by atoms with Crippen LogP contribution in [0.3, 0.4) is 0 Å². The van der Waals surface area contributed by atoms with Crippen LogP contribution in [0.1, 0.15) is 6.42 Å². The predicted octanol–water partition coefficient (Wildman–Crippen LogP) is 1.78. The lowest BCUT2D eigenvalue weighted by molar-refractivity contribution is 0.859. The quantitative estimate of drug-likeness (QED) is 0.453. The Hall–Kier alpha value is -0.850. The summed E-state index contributed by atoms with van der Waals surface area (Å²) in [6, 6.07) is 0. The Morgan fingerprint density at radius 1 is 1.75 bits per heavy atom. The smallest absolute Gasteiger partial charge is 0.0229 e. The molecule has 1 atom stereocenters. The minimum Gasteiger partial charge on any atom is -0.269 e. The van der Waals surface area contributed by atoms with E-state index >= 15 is 0 Å². The molecule has 1 heteroatoms. The van der Waals surface area contributed by atoms with Gasteiger partial charge in [-0.05, 0) is 6.42 Å². The molecule has 0 aliphatic carbocycles. The maximum absolute atomic E-state index is 3.92. The molecule has 0 aromatic rings. The summed E-state index contributed by atoms with van der Waals surface area (Å²) in [5, 5.41) is 0. The van der Waals surface area contributed by atoms with Crippen LogP contribution < -0.4 is 0 Å². The van der Waals surface area contributed by atoms with Crippen molar-refractivity contribution in [3.63, 3.8) is 0 Å². The first-order chi connectivity index (χ1) is 3.93. The monoisotopic (exact) mass is 107 g/mol. The van der Waals surface area contributed by atoms with Crippen LogP contribution in [0.15, 0.2) is 29.9 Å². The molecule has 1 unspecified atom stereocenters. The Bertz CT molecular complexity index is 133.